The molecule has 0 unspecified atom stereocenters. The minimum absolute atomic E-state index is 0.362. The van der Waals surface area contributed by atoms with Crippen molar-refractivity contribution in [2.45, 2.75) is 32.2 Å². The molecule has 1 aliphatic rings. The van der Waals surface area contributed by atoms with Gasteiger partial charge in [0.2, 0.25) is 0 Å². The third-order valence-corrected chi connectivity index (χ3v) is 5.23. The number of pyridine rings is 1. The second-order valence-electron chi connectivity index (χ2n) is 5.33. The van der Waals surface area contributed by atoms with Gasteiger partial charge in [-0.3, -0.25) is 4.72 Å². The van der Waals surface area contributed by atoms with E-state index in [1.807, 2.05) is 13.0 Å². The van der Waals surface area contributed by atoms with Crippen molar-refractivity contribution in [1.82, 2.24) is 14.6 Å². The van der Waals surface area contributed by atoms with E-state index in [0.29, 0.717) is 18.4 Å². The Kier molecular flexibility index (Phi) is 5.59. The van der Waals surface area contributed by atoms with E-state index in [9.17, 15) is 8.42 Å². The lowest BCUT2D eigenvalue weighted by atomic mass is 10.3. The summed E-state index contributed by atoms with van der Waals surface area (Å²) in [6.45, 7) is 3.14. The standard InChI is InChI=1S/C13H21BrN4O2S/c1-10-8-11(14)9-16-13(10)17-21(19,20)18(2)7-3-6-15-12-4-5-12/h8-9,12,15H,3-7H2,1-2H3,(H,16,17). The first-order valence-corrected chi connectivity index (χ1v) is 9.21. The Balaban J connectivity index is 1.86. The summed E-state index contributed by atoms with van der Waals surface area (Å²) in [7, 11) is -1.98. The first-order chi connectivity index (χ1) is 9.88. The first-order valence-electron chi connectivity index (χ1n) is 6.98. The van der Waals surface area contributed by atoms with E-state index in [1.165, 1.54) is 17.1 Å². The summed E-state index contributed by atoms with van der Waals surface area (Å²) in [5, 5.41) is 3.37. The summed E-state index contributed by atoms with van der Waals surface area (Å²) in [6.07, 6.45) is 4.85. The van der Waals surface area contributed by atoms with Gasteiger partial charge >= 0.3 is 10.2 Å². The Hall–Kier alpha value is -0.700. The molecule has 21 heavy (non-hydrogen) atoms. The first kappa shape index (κ1) is 16.7. The van der Waals surface area contributed by atoms with Crippen LogP contribution < -0.4 is 10.0 Å². The van der Waals surface area contributed by atoms with Crippen molar-refractivity contribution in [2.24, 2.45) is 0 Å². The molecule has 0 bridgehead atoms. The van der Waals surface area contributed by atoms with Gasteiger partial charge in [0.15, 0.2) is 0 Å². The number of halogens is 1. The van der Waals surface area contributed by atoms with Gasteiger partial charge in [-0.25, -0.2) is 4.98 Å². The van der Waals surface area contributed by atoms with Gasteiger partial charge in [-0.05, 0) is 60.3 Å². The average Bonchev–Trinajstić information content (AvgIpc) is 3.22. The highest BCUT2D eigenvalue weighted by atomic mass is 79.9. The number of nitrogens with zero attached hydrogens (tertiary/aromatic N) is 2. The largest absolute Gasteiger partial charge is 0.314 e. The van der Waals surface area contributed by atoms with Crippen LogP contribution >= 0.6 is 15.9 Å². The molecule has 2 rings (SSSR count). The highest BCUT2D eigenvalue weighted by Crippen LogP contribution is 2.19. The number of anilines is 1. The Morgan fingerprint density at radius 1 is 1.48 bits per heavy atom. The SMILES string of the molecule is Cc1cc(Br)cnc1NS(=O)(=O)N(C)CCCNC1CC1. The number of rotatable bonds is 8. The molecular formula is C13H21BrN4O2S. The van der Waals surface area contributed by atoms with Crippen molar-refractivity contribution in [3.8, 4) is 0 Å². The van der Waals surface area contributed by atoms with Crippen molar-refractivity contribution < 1.29 is 8.42 Å². The zero-order valence-corrected chi connectivity index (χ0v) is 14.7. The average molecular weight is 377 g/mol. The molecule has 0 radical (unpaired) electrons. The predicted molar refractivity (Wildman–Crippen MR) is 87.5 cm³/mol. The van der Waals surface area contributed by atoms with Crippen LogP contribution in [0.3, 0.4) is 0 Å². The van der Waals surface area contributed by atoms with Crippen molar-refractivity contribution in [2.75, 3.05) is 24.9 Å². The molecule has 1 saturated carbocycles. The van der Waals surface area contributed by atoms with Crippen LogP contribution in [0, 0.1) is 6.92 Å². The molecule has 1 aromatic rings. The van der Waals surface area contributed by atoms with E-state index in [0.717, 1.165) is 23.0 Å². The van der Waals surface area contributed by atoms with E-state index in [4.69, 9.17) is 0 Å². The van der Waals surface area contributed by atoms with E-state index >= 15 is 0 Å². The Labute approximate surface area is 134 Å². The molecule has 0 saturated heterocycles. The predicted octanol–water partition coefficient (Wildman–Crippen LogP) is 1.88. The maximum atomic E-state index is 12.2. The summed E-state index contributed by atoms with van der Waals surface area (Å²) in [4.78, 5) is 4.10. The maximum absolute atomic E-state index is 12.2. The fourth-order valence-electron chi connectivity index (χ4n) is 1.86. The highest BCUT2D eigenvalue weighted by molar-refractivity contribution is 9.10. The summed E-state index contributed by atoms with van der Waals surface area (Å²) < 4.78 is 29.1. The fraction of sp³-hybridized carbons (Fsp3) is 0.615. The number of aromatic nitrogens is 1. The molecule has 8 heteroatoms. The molecule has 2 N–H and O–H groups in total. The lowest BCUT2D eigenvalue weighted by molar-refractivity contribution is 0.457. The minimum Gasteiger partial charge on any atom is -0.314 e. The van der Waals surface area contributed by atoms with Crippen LogP contribution in [0.15, 0.2) is 16.7 Å². The van der Waals surface area contributed by atoms with Gasteiger partial charge in [0.1, 0.15) is 5.82 Å². The Morgan fingerprint density at radius 2 is 2.19 bits per heavy atom. The van der Waals surface area contributed by atoms with Gasteiger partial charge in [0, 0.05) is 30.3 Å². The molecule has 118 valence electrons. The van der Waals surface area contributed by atoms with Gasteiger partial charge in [-0.15, -0.1) is 0 Å². The van der Waals surface area contributed by atoms with Gasteiger partial charge in [0.05, 0.1) is 0 Å². The normalized spacial score (nSPS) is 15.4. The highest BCUT2D eigenvalue weighted by Gasteiger charge is 2.21. The second-order valence-corrected chi connectivity index (χ2v) is 8.02. The minimum atomic E-state index is -3.56. The molecule has 1 heterocycles. The van der Waals surface area contributed by atoms with Crippen LogP contribution in [0.1, 0.15) is 24.8 Å². The molecule has 1 aromatic heterocycles. The lowest BCUT2D eigenvalue weighted by Gasteiger charge is -2.18. The van der Waals surface area contributed by atoms with Gasteiger partial charge in [-0.1, -0.05) is 0 Å². The molecule has 0 atom stereocenters. The molecule has 6 nitrogen and oxygen atoms in total. The fourth-order valence-corrected chi connectivity index (χ4v) is 3.29. The van der Waals surface area contributed by atoms with Crippen LogP contribution in [0.4, 0.5) is 5.82 Å². The van der Waals surface area contributed by atoms with E-state index < -0.39 is 10.2 Å². The maximum Gasteiger partial charge on any atom is 0.302 e. The van der Waals surface area contributed by atoms with Crippen LogP contribution in [0.25, 0.3) is 0 Å². The zero-order chi connectivity index (χ0) is 15.5. The van der Waals surface area contributed by atoms with Crippen LogP contribution in [-0.2, 0) is 10.2 Å². The molecule has 1 fully saturated rings. The van der Waals surface area contributed by atoms with Crippen molar-refractivity contribution in [1.29, 1.82) is 0 Å². The monoisotopic (exact) mass is 376 g/mol. The Morgan fingerprint density at radius 3 is 2.81 bits per heavy atom. The van der Waals surface area contributed by atoms with Crippen molar-refractivity contribution in [3.05, 3.63) is 22.3 Å². The second kappa shape index (κ2) is 7.04. The third-order valence-electron chi connectivity index (χ3n) is 3.34. The van der Waals surface area contributed by atoms with Gasteiger partial charge < -0.3 is 5.32 Å². The van der Waals surface area contributed by atoms with E-state index in [-0.39, 0.29) is 0 Å². The number of hydrogen-bond donors (Lipinski definition) is 2. The Bertz CT molecular complexity index is 590. The summed E-state index contributed by atoms with van der Waals surface area (Å²) in [5.74, 6) is 0.362. The van der Waals surface area contributed by atoms with Crippen molar-refractivity contribution in [3.63, 3.8) is 0 Å². The number of hydrogen-bond acceptors (Lipinski definition) is 4. The van der Waals surface area contributed by atoms with Gasteiger partial charge in [0.25, 0.3) is 0 Å². The van der Waals surface area contributed by atoms with E-state index in [1.54, 1.807) is 13.2 Å². The molecule has 1 aliphatic carbocycles. The molecule has 0 aliphatic heterocycles. The molecule has 0 aromatic carbocycles. The molecular weight excluding hydrogens is 356 g/mol. The van der Waals surface area contributed by atoms with Crippen LogP contribution in [0.5, 0.6) is 0 Å². The summed E-state index contributed by atoms with van der Waals surface area (Å²) in [6, 6.07) is 2.48. The third kappa shape index (κ3) is 5.21. The van der Waals surface area contributed by atoms with Gasteiger partial charge in [-0.2, -0.15) is 12.7 Å². The van der Waals surface area contributed by atoms with Crippen molar-refractivity contribution >= 4 is 32.0 Å². The van der Waals surface area contributed by atoms with Crippen LogP contribution in [-0.4, -0.2) is 43.9 Å². The van der Waals surface area contributed by atoms with E-state index in [2.05, 4.69) is 31.0 Å². The topological polar surface area (TPSA) is 74.3 Å². The number of aryl methyl sites for hydroxylation is 1. The zero-order valence-electron chi connectivity index (χ0n) is 12.3. The quantitative estimate of drug-likeness (QED) is 0.679. The number of nitrogens with one attached hydrogen (secondary N) is 2. The van der Waals surface area contributed by atoms with Crippen LogP contribution in [0.2, 0.25) is 0 Å². The summed E-state index contributed by atoms with van der Waals surface area (Å²) >= 11 is 3.31. The smallest absolute Gasteiger partial charge is 0.302 e. The summed E-state index contributed by atoms with van der Waals surface area (Å²) in [5.41, 5.74) is 0.775. The lowest BCUT2D eigenvalue weighted by Crippen LogP contribution is -2.35. The molecule has 0 amide bonds. The molecule has 0 spiro atoms.